The molecule has 1 aliphatic rings. The number of aliphatic hydroxyl groups is 2. The van der Waals surface area contributed by atoms with Crippen molar-refractivity contribution in [2.24, 2.45) is 12.8 Å². The second-order valence-electron chi connectivity index (χ2n) is 12.4. The number of hydrogen-bond acceptors (Lipinski definition) is 10. The number of primary amides is 1. The summed E-state index contributed by atoms with van der Waals surface area (Å²) in [4.78, 5) is 35.9. The van der Waals surface area contributed by atoms with Crippen LogP contribution in [-0.4, -0.2) is 121 Å². The van der Waals surface area contributed by atoms with Crippen molar-refractivity contribution in [1.29, 1.82) is 0 Å². The molecular weight excluding hydrogens is 745 g/mol. The quantitative estimate of drug-likeness (QED) is 0.161. The highest BCUT2D eigenvalue weighted by Gasteiger charge is 2.40. The number of pyridine rings is 1. The van der Waals surface area contributed by atoms with Crippen LogP contribution in [0.4, 0.5) is 13.2 Å². The van der Waals surface area contributed by atoms with Crippen LogP contribution in [0.25, 0.3) is 39.4 Å². The molecule has 53 heavy (non-hydrogen) atoms. The van der Waals surface area contributed by atoms with Gasteiger partial charge in [-0.1, -0.05) is 17.7 Å². The predicted molar refractivity (Wildman–Crippen MR) is 187 cm³/mol. The summed E-state index contributed by atoms with van der Waals surface area (Å²) in [6.07, 6.45) is -5.58. The van der Waals surface area contributed by atoms with Crippen LogP contribution in [0.3, 0.4) is 0 Å². The van der Waals surface area contributed by atoms with Crippen molar-refractivity contribution in [1.82, 2.24) is 42.8 Å². The Morgan fingerprint density at radius 2 is 1.81 bits per heavy atom. The van der Waals surface area contributed by atoms with Gasteiger partial charge in [-0.3, -0.25) is 9.59 Å². The van der Waals surface area contributed by atoms with Gasteiger partial charge >= 0.3 is 16.4 Å². The number of carbonyl (C=O) groups excluding carboxylic acids is 2. The van der Waals surface area contributed by atoms with E-state index >= 15 is 0 Å². The maximum absolute atomic E-state index is 14.7. The summed E-state index contributed by atoms with van der Waals surface area (Å²) < 4.78 is 74.5. The minimum atomic E-state index is -5.03. The van der Waals surface area contributed by atoms with E-state index in [1.807, 2.05) is 0 Å². The van der Waals surface area contributed by atoms with Gasteiger partial charge < -0.3 is 30.7 Å². The number of aliphatic hydroxyl groups excluding tert-OH is 2. The summed E-state index contributed by atoms with van der Waals surface area (Å²) in [7, 11) is -0.265. The zero-order chi connectivity index (χ0) is 38.6. The molecule has 0 unspecified atom stereocenters. The molecule has 6 rings (SSSR count). The van der Waals surface area contributed by atoms with Crippen LogP contribution in [0, 0.1) is 0 Å². The molecule has 0 spiro atoms. The van der Waals surface area contributed by atoms with Crippen LogP contribution >= 0.6 is 11.6 Å². The number of aromatic nitrogens is 6. The molecule has 5 N–H and O–H groups in total. The number of benzene rings is 1. The topological polar surface area (TPSA) is 207 Å². The smallest absolute Gasteiger partial charge is 0.394 e. The lowest BCUT2D eigenvalue weighted by molar-refractivity contribution is -0.140. The summed E-state index contributed by atoms with van der Waals surface area (Å²) in [6.45, 7) is 1.48. The Kier molecular flexibility index (Phi) is 10.1. The van der Waals surface area contributed by atoms with Crippen molar-refractivity contribution in [2.75, 3.05) is 46.9 Å². The molecule has 282 valence electrons. The van der Waals surface area contributed by atoms with Gasteiger partial charge in [-0.25, -0.2) is 18.6 Å². The third kappa shape index (κ3) is 7.00. The molecule has 21 heteroatoms. The maximum Gasteiger partial charge on any atom is 0.435 e. The molecule has 1 saturated heterocycles. The number of nitrogens with one attached hydrogen (secondary N) is 1. The van der Waals surface area contributed by atoms with Crippen molar-refractivity contribution in [3.63, 3.8) is 0 Å². The van der Waals surface area contributed by atoms with Crippen molar-refractivity contribution >= 4 is 44.7 Å². The highest BCUT2D eigenvalue weighted by molar-refractivity contribution is 7.87. The molecule has 16 nitrogen and oxygen atoms in total. The van der Waals surface area contributed by atoms with Crippen molar-refractivity contribution < 1.29 is 41.4 Å². The van der Waals surface area contributed by atoms with Gasteiger partial charge in [0, 0.05) is 71.2 Å². The number of amides is 2. The zero-order valence-corrected chi connectivity index (χ0v) is 30.0. The molecule has 0 bridgehead atoms. The average Bonchev–Trinajstić information content (AvgIpc) is 3.81. The third-order valence-corrected chi connectivity index (χ3v) is 10.8. The summed E-state index contributed by atoms with van der Waals surface area (Å²) in [5, 5.41) is 26.5. The zero-order valence-electron chi connectivity index (χ0n) is 28.5. The van der Waals surface area contributed by atoms with Crippen LogP contribution in [0.15, 0.2) is 42.6 Å². The Bertz CT molecular complexity index is 2350. The molecular formula is C32H34ClF3N10O6S. The van der Waals surface area contributed by atoms with Crippen LogP contribution in [-0.2, 0) is 29.9 Å². The Balaban J connectivity index is 1.50. The first-order chi connectivity index (χ1) is 24.9. The first kappa shape index (κ1) is 37.9. The second kappa shape index (κ2) is 14.2. The van der Waals surface area contributed by atoms with E-state index in [0.717, 1.165) is 23.7 Å². The Labute approximate surface area is 305 Å². The Morgan fingerprint density at radius 1 is 1.11 bits per heavy atom. The number of hydrogen-bond donors (Lipinski definition) is 4. The maximum atomic E-state index is 14.7. The molecule has 2 amide bonds. The third-order valence-electron chi connectivity index (χ3n) is 8.68. The number of rotatable bonds is 10. The molecule has 5 heterocycles. The van der Waals surface area contributed by atoms with Gasteiger partial charge in [0.2, 0.25) is 0 Å². The van der Waals surface area contributed by atoms with Gasteiger partial charge in [-0.2, -0.15) is 31.0 Å². The van der Waals surface area contributed by atoms with Crippen LogP contribution in [0.1, 0.15) is 32.4 Å². The fourth-order valence-electron chi connectivity index (χ4n) is 6.09. The van der Waals surface area contributed by atoms with E-state index in [2.05, 4.69) is 20.4 Å². The monoisotopic (exact) mass is 778 g/mol. The van der Waals surface area contributed by atoms with Crippen LogP contribution in [0.5, 0.6) is 0 Å². The number of alkyl halides is 3. The highest BCUT2D eigenvalue weighted by Crippen LogP contribution is 2.41. The summed E-state index contributed by atoms with van der Waals surface area (Å²) in [6, 6.07) is 8.20. The molecule has 0 aliphatic carbocycles. The molecule has 0 saturated carbocycles. The largest absolute Gasteiger partial charge is 0.435 e. The van der Waals surface area contributed by atoms with Gasteiger partial charge in [0.05, 0.1) is 51.3 Å². The average molecular weight is 779 g/mol. The van der Waals surface area contributed by atoms with Crippen molar-refractivity contribution in [3.05, 3.63) is 70.4 Å². The van der Waals surface area contributed by atoms with Crippen LogP contribution < -0.4 is 11.1 Å². The molecule has 1 fully saturated rings. The number of halogens is 4. The fraction of sp³-hybridized carbons (Fsp3) is 0.344. The number of fused-ring (bicyclic) bond motifs is 1. The summed E-state index contributed by atoms with van der Waals surface area (Å²) >= 11 is 6.57. The van der Waals surface area contributed by atoms with E-state index in [-0.39, 0.29) is 68.2 Å². The molecule has 0 radical (unpaired) electrons. The number of carbonyl (C=O) groups is 2. The summed E-state index contributed by atoms with van der Waals surface area (Å²) in [5.41, 5.74) is 3.93. The lowest BCUT2D eigenvalue weighted by Gasteiger charge is -2.27. The Morgan fingerprint density at radius 3 is 2.42 bits per heavy atom. The van der Waals surface area contributed by atoms with E-state index in [0.29, 0.717) is 26.2 Å². The molecule has 5 aromatic rings. The van der Waals surface area contributed by atoms with Crippen molar-refractivity contribution in [3.8, 4) is 28.3 Å². The van der Waals surface area contributed by atoms with E-state index < -0.39 is 46.3 Å². The molecule has 4 aromatic heterocycles. The van der Waals surface area contributed by atoms with Crippen LogP contribution in [0.2, 0.25) is 5.02 Å². The number of nitrogens with two attached hydrogens (primary N) is 1. The lowest BCUT2D eigenvalue weighted by atomic mass is 10.0. The van der Waals surface area contributed by atoms with Gasteiger partial charge in [0.25, 0.3) is 11.8 Å². The molecule has 1 aromatic carbocycles. The molecule has 1 atom stereocenters. The number of imidazole rings is 1. The van der Waals surface area contributed by atoms with E-state index in [9.17, 15) is 41.4 Å². The van der Waals surface area contributed by atoms with Crippen molar-refractivity contribution in [2.45, 2.75) is 18.7 Å². The van der Waals surface area contributed by atoms with Gasteiger partial charge in [-0.05, 0) is 30.3 Å². The normalized spacial score (nSPS) is 14.7. The predicted octanol–water partition coefficient (Wildman–Crippen LogP) is 1.66. The minimum absolute atomic E-state index is 0.0154. The SMILES string of the molecule is CN(C)S(=O)(=O)n1c(C[C@H](O)CO)cc2nc(-n3cc(-c4c(-c5ccc(C(=O)N6CCNCC6)c(Cl)c5)nc(C(N)=O)n4C)c(C(F)(F)F)n3)ccc21. The molecule has 1 aliphatic heterocycles. The van der Waals surface area contributed by atoms with E-state index in [4.69, 9.17) is 17.3 Å². The highest BCUT2D eigenvalue weighted by atomic mass is 35.5. The van der Waals surface area contributed by atoms with Gasteiger partial charge in [0.1, 0.15) is 0 Å². The number of nitrogens with zero attached hydrogens (tertiary/aromatic N) is 8. The van der Waals surface area contributed by atoms with Gasteiger partial charge in [-0.15, -0.1) is 0 Å². The minimum Gasteiger partial charge on any atom is -0.394 e. The summed E-state index contributed by atoms with van der Waals surface area (Å²) in [5.74, 6) is -1.85. The Hall–Kier alpha value is -4.86. The van der Waals surface area contributed by atoms with E-state index in [1.165, 1.54) is 57.5 Å². The van der Waals surface area contributed by atoms with E-state index in [1.54, 1.807) is 4.90 Å². The lowest BCUT2D eigenvalue weighted by Crippen LogP contribution is -2.46. The standard InChI is InChI=1S/C32H34ClF3N10O6S/c1-42(2)53(51,52)46-18(13-19(48)16-47)14-23-24(46)6-7-25(39-23)45-15-21(28(41-45)32(34,35)36)27-26(40-30(29(37)49)43(27)3)17-4-5-20(22(33)12-17)31(50)44-10-8-38-9-11-44/h4-7,12,14-15,19,38,47-48H,8-11,13,16H2,1-3H3,(H2,37,49)/t19-/m0/s1. The van der Waals surface area contributed by atoms with Gasteiger partial charge in [0.15, 0.2) is 17.3 Å². The number of piperazine rings is 1. The second-order valence-corrected chi connectivity index (χ2v) is 14.8. The fourth-order valence-corrected chi connectivity index (χ4v) is 7.51. The first-order valence-corrected chi connectivity index (χ1v) is 17.8. The first-order valence-electron chi connectivity index (χ1n) is 16.0.